The number of carbonyl (C=O) groups is 2. The lowest BCUT2D eigenvalue weighted by Crippen LogP contribution is -2.30. The number of amides is 2. The lowest BCUT2D eigenvalue weighted by atomic mass is 9.99. The molecule has 82 valence electrons. The summed E-state index contributed by atoms with van der Waals surface area (Å²) >= 11 is 5.76. The van der Waals surface area contributed by atoms with Crippen LogP contribution in [0.2, 0.25) is 0 Å². The topological polar surface area (TPSA) is 86.2 Å². The minimum atomic E-state index is -0.649. The Morgan fingerprint density at radius 1 is 1.47 bits per heavy atom. The normalized spacial score (nSPS) is 14.5. The second kappa shape index (κ2) is 5.18. The first kappa shape index (κ1) is 12.1. The first-order valence-electron chi connectivity index (χ1n) is 4.31. The van der Waals surface area contributed by atoms with Gasteiger partial charge < -0.3 is 11.5 Å². The molecule has 15 heavy (non-hydrogen) atoms. The average molecular weight is 244 g/mol. The standard InChI is InChI=1S/C9H12N2O2S2/c10-7(12)4-5(9(11)13)8(14)6-2-1-3-15-6/h1-3,5,8,14H,4H2,(H2,10,12)(H2,11,13). The number of rotatable bonds is 5. The van der Waals surface area contributed by atoms with Crippen LogP contribution in [0.5, 0.6) is 0 Å². The van der Waals surface area contributed by atoms with Crippen molar-refractivity contribution in [2.45, 2.75) is 11.7 Å². The van der Waals surface area contributed by atoms with Gasteiger partial charge in [0.1, 0.15) is 0 Å². The molecular weight excluding hydrogens is 232 g/mol. The van der Waals surface area contributed by atoms with Gasteiger partial charge in [-0.25, -0.2) is 0 Å². The summed E-state index contributed by atoms with van der Waals surface area (Å²) in [4.78, 5) is 22.8. The van der Waals surface area contributed by atoms with Crippen molar-refractivity contribution in [1.82, 2.24) is 0 Å². The van der Waals surface area contributed by atoms with Crippen molar-refractivity contribution in [2.75, 3.05) is 0 Å². The molecule has 1 aromatic rings. The van der Waals surface area contributed by atoms with Crippen LogP contribution in [-0.4, -0.2) is 11.8 Å². The summed E-state index contributed by atoms with van der Waals surface area (Å²) in [5.41, 5.74) is 10.2. The summed E-state index contributed by atoms with van der Waals surface area (Å²) in [6.45, 7) is 0. The molecule has 0 saturated carbocycles. The van der Waals surface area contributed by atoms with Gasteiger partial charge in [-0.15, -0.1) is 11.3 Å². The van der Waals surface area contributed by atoms with Gasteiger partial charge in [0.2, 0.25) is 11.8 Å². The third-order valence-electron chi connectivity index (χ3n) is 2.00. The van der Waals surface area contributed by atoms with E-state index in [1.807, 2.05) is 17.5 Å². The number of nitrogens with two attached hydrogens (primary N) is 2. The van der Waals surface area contributed by atoms with Crippen molar-refractivity contribution in [3.63, 3.8) is 0 Å². The third-order valence-corrected chi connectivity index (χ3v) is 3.77. The Hall–Kier alpha value is -1.01. The summed E-state index contributed by atoms with van der Waals surface area (Å²) < 4.78 is 0. The molecule has 2 unspecified atom stereocenters. The zero-order valence-corrected chi connectivity index (χ0v) is 9.63. The largest absolute Gasteiger partial charge is 0.370 e. The van der Waals surface area contributed by atoms with E-state index < -0.39 is 17.7 Å². The molecule has 2 amide bonds. The number of hydrogen-bond acceptors (Lipinski definition) is 4. The summed E-state index contributed by atoms with van der Waals surface area (Å²) in [7, 11) is 0. The van der Waals surface area contributed by atoms with Crippen LogP contribution in [0.1, 0.15) is 16.5 Å². The van der Waals surface area contributed by atoms with Crippen LogP contribution in [0.4, 0.5) is 0 Å². The highest BCUT2D eigenvalue weighted by Crippen LogP contribution is 2.33. The monoisotopic (exact) mass is 244 g/mol. The predicted octanol–water partition coefficient (Wildman–Crippen LogP) is 0.696. The number of hydrogen-bond donors (Lipinski definition) is 3. The number of primary amides is 2. The molecular formula is C9H12N2O2S2. The maximum absolute atomic E-state index is 11.1. The number of thiol groups is 1. The maximum Gasteiger partial charge on any atom is 0.222 e. The lowest BCUT2D eigenvalue weighted by Gasteiger charge is -2.17. The molecule has 0 aliphatic heterocycles. The zero-order chi connectivity index (χ0) is 11.4. The smallest absolute Gasteiger partial charge is 0.222 e. The highest BCUT2D eigenvalue weighted by Gasteiger charge is 2.27. The van der Waals surface area contributed by atoms with Gasteiger partial charge in [-0.05, 0) is 11.4 Å². The second-order valence-corrected chi connectivity index (χ2v) is 4.68. The van der Waals surface area contributed by atoms with E-state index in [2.05, 4.69) is 12.6 Å². The molecule has 2 atom stereocenters. The van der Waals surface area contributed by atoms with E-state index in [9.17, 15) is 9.59 Å². The quantitative estimate of drug-likeness (QED) is 0.666. The lowest BCUT2D eigenvalue weighted by molar-refractivity contribution is -0.127. The minimum absolute atomic E-state index is 0.0681. The number of thiophene rings is 1. The fourth-order valence-electron chi connectivity index (χ4n) is 1.24. The van der Waals surface area contributed by atoms with Crippen molar-refractivity contribution < 1.29 is 9.59 Å². The van der Waals surface area contributed by atoms with Crippen LogP contribution in [0.3, 0.4) is 0 Å². The molecule has 0 aliphatic carbocycles. The van der Waals surface area contributed by atoms with Crippen molar-refractivity contribution in [3.05, 3.63) is 22.4 Å². The fraction of sp³-hybridized carbons (Fsp3) is 0.333. The molecule has 0 spiro atoms. The molecule has 6 heteroatoms. The molecule has 0 bridgehead atoms. The van der Waals surface area contributed by atoms with Crippen LogP contribution >= 0.6 is 24.0 Å². The molecule has 0 aromatic carbocycles. The van der Waals surface area contributed by atoms with Gasteiger partial charge in [-0.1, -0.05) is 6.07 Å². The van der Waals surface area contributed by atoms with Crippen molar-refractivity contribution in [2.24, 2.45) is 17.4 Å². The van der Waals surface area contributed by atoms with E-state index in [4.69, 9.17) is 11.5 Å². The molecule has 1 heterocycles. The van der Waals surface area contributed by atoms with Gasteiger partial charge in [0, 0.05) is 16.5 Å². The summed E-state index contributed by atoms with van der Waals surface area (Å²) in [6.07, 6.45) is -0.0681. The highest BCUT2D eigenvalue weighted by molar-refractivity contribution is 7.80. The van der Waals surface area contributed by atoms with Gasteiger partial charge in [-0.3, -0.25) is 9.59 Å². The Morgan fingerprint density at radius 2 is 2.13 bits per heavy atom. The molecule has 0 saturated heterocycles. The second-order valence-electron chi connectivity index (χ2n) is 3.14. The van der Waals surface area contributed by atoms with Gasteiger partial charge >= 0.3 is 0 Å². The molecule has 0 aliphatic rings. The molecule has 4 nitrogen and oxygen atoms in total. The Kier molecular flexibility index (Phi) is 4.16. The van der Waals surface area contributed by atoms with E-state index in [-0.39, 0.29) is 11.7 Å². The molecule has 0 radical (unpaired) electrons. The van der Waals surface area contributed by atoms with Crippen molar-refractivity contribution in [3.8, 4) is 0 Å². The Labute approximate surface area is 97.1 Å². The average Bonchev–Trinajstić information content (AvgIpc) is 2.65. The molecule has 1 aromatic heterocycles. The van der Waals surface area contributed by atoms with E-state index in [1.165, 1.54) is 11.3 Å². The van der Waals surface area contributed by atoms with Gasteiger partial charge in [-0.2, -0.15) is 12.6 Å². The Morgan fingerprint density at radius 3 is 2.53 bits per heavy atom. The minimum Gasteiger partial charge on any atom is -0.370 e. The summed E-state index contributed by atoms with van der Waals surface area (Å²) in [5.74, 6) is -1.75. The molecule has 0 fully saturated rings. The van der Waals surface area contributed by atoms with Gasteiger partial charge in [0.05, 0.1) is 5.92 Å². The van der Waals surface area contributed by atoms with Crippen LogP contribution in [-0.2, 0) is 9.59 Å². The van der Waals surface area contributed by atoms with Gasteiger partial charge in [0.15, 0.2) is 0 Å². The van der Waals surface area contributed by atoms with Crippen LogP contribution in [0.25, 0.3) is 0 Å². The predicted molar refractivity (Wildman–Crippen MR) is 62.5 cm³/mol. The van der Waals surface area contributed by atoms with Crippen molar-refractivity contribution >= 4 is 35.8 Å². The Bertz CT molecular complexity index is 351. The third kappa shape index (κ3) is 3.24. The Balaban J connectivity index is 2.80. The fourth-order valence-corrected chi connectivity index (χ4v) is 2.54. The highest BCUT2D eigenvalue weighted by atomic mass is 32.1. The number of carbonyl (C=O) groups excluding carboxylic acids is 2. The van der Waals surface area contributed by atoms with Crippen molar-refractivity contribution in [1.29, 1.82) is 0 Å². The van der Waals surface area contributed by atoms with Crippen LogP contribution < -0.4 is 11.5 Å². The van der Waals surface area contributed by atoms with Crippen LogP contribution in [0, 0.1) is 5.92 Å². The van der Waals surface area contributed by atoms with E-state index in [0.717, 1.165) is 4.88 Å². The first-order valence-corrected chi connectivity index (χ1v) is 5.71. The molecule has 4 N–H and O–H groups in total. The van der Waals surface area contributed by atoms with Crippen LogP contribution in [0.15, 0.2) is 17.5 Å². The summed E-state index contributed by atoms with van der Waals surface area (Å²) in [6, 6.07) is 3.70. The maximum atomic E-state index is 11.1. The zero-order valence-electron chi connectivity index (χ0n) is 7.92. The van der Waals surface area contributed by atoms with E-state index in [0.29, 0.717) is 0 Å². The summed E-state index contributed by atoms with van der Waals surface area (Å²) in [5, 5.41) is 1.51. The molecule has 1 rings (SSSR count). The van der Waals surface area contributed by atoms with E-state index >= 15 is 0 Å². The first-order chi connectivity index (χ1) is 7.02. The van der Waals surface area contributed by atoms with Gasteiger partial charge in [0.25, 0.3) is 0 Å². The van der Waals surface area contributed by atoms with E-state index in [1.54, 1.807) is 0 Å². The SMILES string of the molecule is NC(=O)CC(C(N)=O)C(S)c1cccs1.